The molecule has 2 aromatic rings. The highest BCUT2D eigenvalue weighted by Gasteiger charge is 2.15. The van der Waals surface area contributed by atoms with Crippen LogP contribution in [0.2, 0.25) is 0 Å². The van der Waals surface area contributed by atoms with Gasteiger partial charge in [-0.1, -0.05) is 18.2 Å². The second-order valence-corrected chi connectivity index (χ2v) is 8.18. The quantitative estimate of drug-likeness (QED) is 0.495. The van der Waals surface area contributed by atoms with Gasteiger partial charge in [0.25, 0.3) is 5.91 Å². The lowest BCUT2D eigenvalue weighted by Gasteiger charge is -2.14. The summed E-state index contributed by atoms with van der Waals surface area (Å²) in [5, 5.41) is 8.11. The van der Waals surface area contributed by atoms with Crippen molar-refractivity contribution in [2.24, 2.45) is 0 Å². The Labute approximate surface area is 170 Å². The Hall–Kier alpha value is -3.17. The molecule has 3 amide bonds. The van der Waals surface area contributed by atoms with E-state index in [0.29, 0.717) is 11.4 Å². The fourth-order valence-electron chi connectivity index (χ4n) is 2.35. The highest BCUT2D eigenvalue weighted by molar-refractivity contribution is 7.89. The zero-order chi connectivity index (χ0) is 21.4. The normalized spacial score (nSPS) is 11.0. The number of urea groups is 1. The number of rotatable bonds is 8. The van der Waals surface area contributed by atoms with E-state index in [1.807, 2.05) is 13.8 Å². The first kappa shape index (κ1) is 22.1. The van der Waals surface area contributed by atoms with Gasteiger partial charge in [0.05, 0.1) is 16.3 Å². The number of sulfonamides is 1. The van der Waals surface area contributed by atoms with Crippen molar-refractivity contribution < 1.29 is 18.0 Å². The fraction of sp³-hybridized carbons (Fsp3) is 0.200. The average Bonchev–Trinajstić information content (AvgIpc) is 2.67. The highest BCUT2D eigenvalue weighted by Crippen LogP contribution is 2.22. The minimum absolute atomic E-state index is 0.0347. The van der Waals surface area contributed by atoms with Crippen LogP contribution in [0, 0.1) is 0 Å². The van der Waals surface area contributed by atoms with Crippen LogP contribution in [0.3, 0.4) is 0 Å². The second kappa shape index (κ2) is 9.85. The molecule has 0 radical (unpaired) electrons. The SMILES string of the molecule is C=CCNS(=O)(=O)c1ccc(C(=O)Nc2ccccc2NC(=O)NC(C)C)cc1. The van der Waals surface area contributed by atoms with Gasteiger partial charge >= 0.3 is 6.03 Å². The largest absolute Gasteiger partial charge is 0.336 e. The first-order valence-corrected chi connectivity index (χ1v) is 10.4. The minimum atomic E-state index is -3.66. The number of carbonyl (C=O) groups is 2. The van der Waals surface area contributed by atoms with Crippen LogP contribution in [0.15, 0.2) is 66.1 Å². The van der Waals surface area contributed by atoms with Gasteiger partial charge in [-0.25, -0.2) is 17.9 Å². The molecule has 9 heteroatoms. The van der Waals surface area contributed by atoms with E-state index in [4.69, 9.17) is 0 Å². The molecule has 2 rings (SSSR count). The van der Waals surface area contributed by atoms with Gasteiger partial charge in [-0.05, 0) is 50.2 Å². The van der Waals surface area contributed by atoms with Crippen LogP contribution < -0.4 is 20.7 Å². The maximum atomic E-state index is 12.5. The number of hydrogen-bond acceptors (Lipinski definition) is 4. The van der Waals surface area contributed by atoms with Crippen LogP contribution in [0.1, 0.15) is 24.2 Å². The van der Waals surface area contributed by atoms with Crippen LogP contribution in [-0.4, -0.2) is 32.9 Å². The zero-order valence-electron chi connectivity index (χ0n) is 16.2. The molecular weight excluding hydrogens is 392 g/mol. The van der Waals surface area contributed by atoms with Crippen molar-refractivity contribution >= 4 is 33.3 Å². The number of carbonyl (C=O) groups excluding carboxylic acids is 2. The summed E-state index contributed by atoms with van der Waals surface area (Å²) in [4.78, 5) is 24.5. The van der Waals surface area contributed by atoms with Crippen molar-refractivity contribution in [2.75, 3.05) is 17.2 Å². The highest BCUT2D eigenvalue weighted by atomic mass is 32.2. The van der Waals surface area contributed by atoms with Gasteiger partial charge < -0.3 is 16.0 Å². The molecule has 0 saturated carbocycles. The van der Waals surface area contributed by atoms with Crippen LogP contribution in [-0.2, 0) is 10.0 Å². The average molecular weight is 417 g/mol. The molecule has 154 valence electrons. The van der Waals surface area contributed by atoms with E-state index in [1.165, 1.54) is 30.3 Å². The van der Waals surface area contributed by atoms with Crippen molar-refractivity contribution in [3.8, 4) is 0 Å². The molecular formula is C20H24N4O4S. The molecule has 0 spiro atoms. The predicted octanol–water partition coefficient (Wildman–Crippen LogP) is 2.93. The summed E-state index contributed by atoms with van der Waals surface area (Å²) in [6.45, 7) is 7.25. The predicted molar refractivity (Wildman–Crippen MR) is 114 cm³/mol. The Morgan fingerprint density at radius 3 is 2.14 bits per heavy atom. The lowest BCUT2D eigenvalue weighted by atomic mass is 10.2. The molecule has 0 saturated heterocycles. The van der Waals surface area contributed by atoms with E-state index in [2.05, 4.69) is 27.3 Å². The third-order valence-corrected chi connectivity index (χ3v) is 5.13. The Morgan fingerprint density at radius 2 is 1.59 bits per heavy atom. The molecule has 4 N–H and O–H groups in total. The summed E-state index contributed by atoms with van der Waals surface area (Å²) >= 11 is 0. The van der Waals surface area contributed by atoms with E-state index >= 15 is 0 Å². The van der Waals surface area contributed by atoms with Gasteiger partial charge in [0.15, 0.2) is 0 Å². The Kier molecular flexibility index (Phi) is 7.52. The van der Waals surface area contributed by atoms with Crippen LogP contribution in [0.4, 0.5) is 16.2 Å². The van der Waals surface area contributed by atoms with Gasteiger partial charge in [-0.3, -0.25) is 4.79 Å². The maximum Gasteiger partial charge on any atom is 0.319 e. The van der Waals surface area contributed by atoms with Gasteiger partial charge in [-0.2, -0.15) is 0 Å². The molecule has 0 aromatic heterocycles. The molecule has 2 aromatic carbocycles. The second-order valence-electron chi connectivity index (χ2n) is 6.42. The number of nitrogens with one attached hydrogen (secondary N) is 4. The van der Waals surface area contributed by atoms with E-state index < -0.39 is 15.9 Å². The van der Waals surface area contributed by atoms with Crippen LogP contribution in [0.5, 0.6) is 0 Å². The summed E-state index contributed by atoms with van der Waals surface area (Å²) in [5.41, 5.74) is 1.13. The lowest BCUT2D eigenvalue weighted by molar-refractivity contribution is 0.102. The number of para-hydroxylation sites is 2. The molecule has 0 aliphatic carbocycles. The molecule has 0 heterocycles. The molecule has 8 nitrogen and oxygen atoms in total. The van der Waals surface area contributed by atoms with Crippen LogP contribution >= 0.6 is 0 Å². The van der Waals surface area contributed by atoms with Crippen molar-refractivity contribution in [2.45, 2.75) is 24.8 Å². The first-order chi connectivity index (χ1) is 13.7. The number of hydrogen-bond donors (Lipinski definition) is 4. The zero-order valence-corrected chi connectivity index (χ0v) is 17.0. The molecule has 0 unspecified atom stereocenters. The fourth-order valence-corrected chi connectivity index (χ4v) is 3.35. The topological polar surface area (TPSA) is 116 Å². The molecule has 0 bridgehead atoms. The van der Waals surface area contributed by atoms with Crippen molar-refractivity contribution in [1.29, 1.82) is 0 Å². The third kappa shape index (κ3) is 6.44. The smallest absolute Gasteiger partial charge is 0.319 e. The van der Waals surface area contributed by atoms with Gasteiger partial charge in [0, 0.05) is 18.2 Å². The van der Waals surface area contributed by atoms with E-state index in [9.17, 15) is 18.0 Å². The minimum Gasteiger partial charge on any atom is -0.336 e. The van der Waals surface area contributed by atoms with E-state index in [-0.39, 0.29) is 29.1 Å². The Morgan fingerprint density at radius 1 is 1.00 bits per heavy atom. The molecule has 0 aliphatic heterocycles. The molecule has 0 fully saturated rings. The Balaban J connectivity index is 2.13. The monoisotopic (exact) mass is 416 g/mol. The van der Waals surface area contributed by atoms with Crippen molar-refractivity contribution in [3.05, 3.63) is 66.7 Å². The standard InChI is InChI=1S/C20H24N4O4S/c1-4-13-21-29(27,28)16-11-9-15(10-12-16)19(25)23-17-7-5-6-8-18(17)24-20(26)22-14(2)3/h4-12,14,21H,1,13H2,2-3H3,(H,23,25)(H2,22,24,26). The van der Waals surface area contributed by atoms with Crippen LogP contribution in [0.25, 0.3) is 0 Å². The number of anilines is 2. The van der Waals surface area contributed by atoms with Gasteiger partial charge in [-0.15, -0.1) is 6.58 Å². The summed E-state index contributed by atoms with van der Waals surface area (Å²) in [6.07, 6.45) is 1.44. The summed E-state index contributed by atoms with van der Waals surface area (Å²) in [5.74, 6) is -0.438. The third-order valence-electron chi connectivity index (χ3n) is 3.69. The van der Waals surface area contributed by atoms with Crippen molar-refractivity contribution in [3.63, 3.8) is 0 Å². The molecule has 0 atom stereocenters. The first-order valence-electron chi connectivity index (χ1n) is 8.91. The van der Waals surface area contributed by atoms with E-state index in [1.54, 1.807) is 24.3 Å². The summed E-state index contributed by atoms with van der Waals surface area (Å²) in [6, 6.07) is 11.9. The summed E-state index contributed by atoms with van der Waals surface area (Å²) < 4.78 is 26.5. The summed E-state index contributed by atoms with van der Waals surface area (Å²) in [7, 11) is -3.66. The number of amides is 3. The van der Waals surface area contributed by atoms with E-state index in [0.717, 1.165) is 0 Å². The lowest BCUT2D eigenvalue weighted by Crippen LogP contribution is -2.34. The Bertz CT molecular complexity index is 986. The molecule has 29 heavy (non-hydrogen) atoms. The van der Waals surface area contributed by atoms with Gasteiger partial charge in [0.2, 0.25) is 10.0 Å². The number of benzene rings is 2. The van der Waals surface area contributed by atoms with Crippen molar-refractivity contribution in [1.82, 2.24) is 10.0 Å². The van der Waals surface area contributed by atoms with Gasteiger partial charge in [0.1, 0.15) is 0 Å². The molecule has 0 aliphatic rings. The maximum absolute atomic E-state index is 12.5.